The summed E-state index contributed by atoms with van der Waals surface area (Å²) in [7, 11) is 0. The smallest absolute Gasteiger partial charge is 0.164 e. The molecule has 23 heavy (non-hydrogen) atoms. The van der Waals surface area contributed by atoms with Crippen LogP contribution in [0.4, 0.5) is 5.82 Å². The number of aryl methyl sites for hydroxylation is 1. The van der Waals surface area contributed by atoms with Gasteiger partial charge in [0.15, 0.2) is 5.65 Å². The maximum Gasteiger partial charge on any atom is 0.164 e. The number of hydrogen-bond donors (Lipinski definition) is 1. The Balaban J connectivity index is 0.000000924. The molecule has 0 radical (unpaired) electrons. The summed E-state index contributed by atoms with van der Waals surface area (Å²) >= 11 is 0. The number of pyridine rings is 1. The number of anilines is 1. The molecule has 0 spiro atoms. The molecular formula is C17H24N6. The van der Waals surface area contributed by atoms with E-state index in [0.717, 1.165) is 28.2 Å². The zero-order chi connectivity index (χ0) is 17.0. The molecule has 3 rings (SSSR count). The number of nitrogens with zero attached hydrogens (tertiary/aromatic N) is 5. The molecule has 0 saturated heterocycles. The Labute approximate surface area is 136 Å². The molecule has 0 aromatic carbocycles. The molecule has 0 aliphatic rings. The first kappa shape index (κ1) is 16.9. The molecule has 0 saturated carbocycles. The summed E-state index contributed by atoms with van der Waals surface area (Å²) in [5, 5.41) is 0. The average molecular weight is 312 g/mol. The first-order valence-electron chi connectivity index (χ1n) is 7.95. The van der Waals surface area contributed by atoms with Crippen LogP contribution < -0.4 is 5.73 Å². The second-order valence-electron chi connectivity index (χ2n) is 5.40. The van der Waals surface area contributed by atoms with Gasteiger partial charge in [0.25, 0.3) is 0 Å². The van der Waals surface area contributed by atoms with Crippen LogP contribution in [0.3, 0.4) is 0 Å². The normalized spacial score (nSPS) is 10.7. The van der Waals surface area contributed by atoms with E-state index in [1.165, 1.54) is 0 Å². The molecule has 0 bridgehead atoms. The molecule has 2 N–H and O–H groups in total. The van der Waals surface area contributed by atoms with Gasteiger partial charge in [0.05, 0.1) is 18.6 Å². The Morgan fingerprint density at radius 1 is 1.17 bits per heavy atom. The van der Waals surface area contributed by atoms with E-state index in [1.807, 2.05) is 37.5 Å². The minimum Gasteiger partial charge on any atom is -0.383 e. The molecule has 0 atom stereocenters. The summed E-state index contributed by atoms with van der Waals surface area (Å²) < 4.78 is 1.99. The van der Waals surface area contributed by atoms with Crippen LogP contribution in [-0.2, 0) is 6.54 Å². The lowest BCUT2D eigenvalue weighted by atomic mass is 10.1. The van der Waals surface area contributed by atoms with Crippen molar-refractivity contribution in [1.29, 1.82) is 0 Å². The Bertz CT molecular complexity index is 791. The van der Waals surface area contributed by atoms with Gasteiger partial charge in [-0.3, -0.25) is 0 Å². The topological polar surface area (TPSA) is 82.5 Å². The summed E-state index contributed by atoms with van der Waals surface area (Å²) in [5.74, 6) is 1.60. The zero-order valence-corrected chi connectivity index (χ0v) is 14.4. The van der Waals surface area contributed by atoms with Gasteiger partial charge in [0.1, 0.15) is 17.2 Å². The maximum atomic E-state index is 5.91. The molecular weight excluding hydrogens is 288 g/mol. The molecule has 0 unspecified atom stereocenters. The van der Waals surface area contributed by atoms with E-state index in [9.17, 15) is 0 Å². The number of nitrogen functional groups attached to an aromatic ring is 1. The van der Waals surface area contributed by atoms with Gasteiger partial charge in [0, 0.05) is 11.8 Å². The van der Waals surface area contributed by atoms with Crippen LogP contribution in [-0.4, -0.2) is 24.5 Å². The average Bonchev–Trinajstić information content (AvgIpc) is 2.93. The highest BCUT2D eigenvalue weighted by Gasteiger charge is 2.15. The van der Waals surface area contributed by atoms with Crippen molar-refractivity contribution in [2.75, 3.05) is 5.73 Å². The van der Waals surface area contributed by atoms with Crippen molar-refractivity contribution >= 4 is 17.0 Å². The fourth-order valence-electron chi connectivity index (χ4n) is 2.37. The van der Waals surface area contributed by atoms with Gasteiger partial charge in [-0.05, 0) is 18.9 Å². The number of aromatic nitrogens is 5. The second-order valence-corrected chi connectivity index (χ2v) is 5.40. The number of nitrogens with two attached hydrogens (primary N) is 1. The van der Waals surface area contributed by atoms with Crippen molar-refractivity contribution in [3.63, 3.8) is 0 Å². The van der Waals surface area contributed by atoms with Gasteiger partial charge in [-0.1, -0.05) is 33.8 Å². The third kappa shape index (κ3) is 3.47. The largest absolute Gasteiger partial charge is 0.383 e. The zero-order valence-electron chi connectivity index (χ0n) is 14.4. The highest BCUT2D eigenvalue weighted by molar-refractivity contribution is 5.74. The fraction of sp³-hybridized carbons (Fsp3) is 0.412. The number of hydrogen-bond acceptors (Lipinski definition) is 5. The van der Waals surface area contributed by atoms with Crippen LogP contribution in [0.15, 0.2) is 24.7 Å². The van der Waals surface area contributed by atoms with Crippen molar-refractivity contribution in [2.45, 2.75) is 47.1 Å². The summed E-state index contributed by atoms with van der Waals surface area (Å²) in [6, 6.07) is 3.84. The van der Waals surface area contributed by atoms with Crippen LogP contribution in [0, 0.1) is 6.92 Å². The van der Waals surface area contributed by atoms with Crippen molar-refractivity contribution in [3.8, 4) is 0 Å². The van der Waals surface area contributed by atoms with Crippen molar-refractivity contribution in [1.82, 2.24) is 24.5 Å². The van der Waals surface area contributed by atoms with Crippen molar-refractivity contribution < 1.29 is 0 Å². The molecule has 3 aromatic rings. The third-order valence-corrected chi connectivity index (χ3v) is 3.42. The van der Waals surface area contributed by atoms with Gasteiger partial charge in [-0.25, -0.2) is 19.9 Å². The van der Waals surface area contributed by atoms with Crippen LogP contribution in [0.5, 0.6) is 0 Å². The summed E-state index contributed by atoms with van der Waals surface area (Å²) in [4.78, 5) is 17.6. The predicted molar refractivity (Wildman–Crippen MR) is 93.2 cm³/mol. The number of rotatable bonds is 3. The van der Waals surface area contributed by atoms with E-state index in [1.54, 1.807) is 12.5 Å². The van der Waals surface area contributed by atoms with Crippen LogP contribution >= 0.6 is 0 Å². The highest BCUT2D eigenvalue weighted by Crippen LogP contribution is 2.22. The van der Waals surface area contributed by atoms with E-state index in [0.29, 0.717) is 18.3 Å². The van der Waals surface area contributed by atoms with Gasteiger partial charge < -0.3 is 10.3 Å². The fourth-order valence-corrected chi connectivity index (χ4v) is 2.37. The molecule has 3 heterocycles. The van der Waals surface area contributed by atoms with Crippen molar-refractivity contribution in [2.24, 2.45) is 0 Å². The Hall–Kier alpha value is -2.50. The third-order valence-electron chi connectivity index (χ3n) is 3.42. The molecule has 0 aliphatic heterocycles. The van der Waals surface area contributed by atoms with Crippen molar-refractivity contribution in [3.05, 3.63) is 41.7 Å². The van der Waals surface area contributed by atoms with Gasteiger partial charge in [-0.15, -0.1) is 0 Å². The summed E-state index contributed by atoms with van der Waals surface area (Å²) in [6.07, 6.45) is 3.48. The van der Waals surface area contributed by atoms with Crippen LogP contribution in [0.1, 0.15) is 50.7 Å². The molecule has 6 heteroatoms. The second kappa shape index (κ2) is 7.17. The van der Waals surface area contributed by atoms with Gasteiger partial charge >= 0.3 is 0 Å². The molecule has 3 aromatic heterocycles. The maximum absolute atomic E-state index is 5.91. The molecule has 0 aliphatic carbocycles. The van der Waals surface area contributed by atoms with E-state index in [2.05, 4.69) is 33.8 Å². The summed E-state index contributed by atoms with van der Waals surface area (Å²) in [6.45, 7) is 10.7. The molecule has 122 valence electrons. The monoisotopic (exact) mass is 312 g/mol. The van der Waals surface area contributed by atoms with Gasteiger partial charge in [0.2, 0.25) is 0 Å². The standard InChI is InChI=1S/C15H18N6.C2H6/c1-9(2)12-13-15(20-10(3)19-12)21(8-18-13)7-11-5-4-6-17-14(11)16;1-2/h4-6,8-9H,7H2,1-3H3,(H2,16,17);1-2H3. The predicted octanol–water partition coefficient (Wildman–Crippen LogP) is 3.31. The minimum absolute atomic E-state index is 0.306. The summed E-state index contributed by atoms with van der Waals surface area (Å²) in [5.41, 5.74) is 9.55. The highest BCUT2D eigenvalue weighted by atomic mass is 15.1. The number of fused-ring (bicyclic) bond motifs is 1. The van der Waals surface area contributed by atoms with Crippen LogP contribution in [0.2, 0.25) is 0 Å². The van der Waals surface area contributed by atoms with Gasteiger partial charge in [-0.2, -0.15) is 0 Å². The Morgan fingerprint density at radius 3 is 2.57 bits per heavy atom. The SMILES string of the molecule is CC.Cc1nc(C(C)C)c2ncn(Cc3cccnc3N)c2n1. The lowest BCUT2D eigenvalue weighted by molar-refractivity contribution is 0.795. The van der Waals surface area contributed by atoms with E-state index in [-0.39, 0.29) is 0 Å². The first-order chi connectivity index (χ1) is 11.1. The van der Waals surface area contributed by atoms with E-state index >= 15 is 0 Å². The lowest BCUT2D eigenvalue weighted by Crippen LogP contribution is -2.06. The minimum atomic E-state index is 0.306. The molecule has 0 fully saturated rings. The van der Waals surface area contributed by atoms with E-state index in [4.69, 9.17) is 5.73 Å². The van der Waals surface area contributed by atoms with E-state index < -0.39 is 0 Å². The molecule has 0 amide bonds. The molecule has 6 nitrogen and oxygen atoms in total. The Kier molecular flexibility index (Phi) is 5.26. The number of imidazole rings is 1. The first-order valence-corrected chi connectivity index (χ1v) is 7.95. The quantitative estimate of drug-likeness (QED) is 0.802. The Morgan fingerprint density at radius 2 is 1.91 bits per heavy atom. The van der Waals surface area contributed by atoms with Crippen LogP contribution in [0.25, 0.3) is 11.2 Å². The lowest BCUT2D eigenvalue weighted by Gasteiger charge is -2.09.